The minimum absolute atomic E-state index is 0.231. The average molecular weight is 346 g/mol. The number of carbonyl (C=O) groups excluding carboxylic acids is 2. The third kappa shape index (κ3) is 4.45. The van der Waals surface area contributed by atoms with E-state index >= 15 is 0 Å². The number of aromatic nitrogens is 1. The fourth-order valence-electron chi connectivity index (χ4n) is 2.34. The van der Waals surface area contributed by atoms with Gasteiger partial charge in [0, 0.05) is 18.1 Å². The predicted molar refractivity (Wildman–Crippen MR) is 93.8 cm³/mol. The zero-order chi connectivity index (χ0) is 18.4. The van der Waals surface area contributed by atoms with E-state index < -0.39 is 18.0 Å². The molecule has 25 heavy (non-hydrogen) atoms. The smallest absolute Gasteiger partial charge is 0.341 e. The highest BCUT2D eigenvalue weighted by molar-refractivity contribution is 6.06. The number of esters is 2. The third-order valence-corrected chi connectivity index (χ3v) is 3.45. The van der Waals surface area contributed by atoms with E-state index in [9.17, 15) is 14.7 Å². The Morgan fingerprint density at radius 3 is 2.52 bits per heavy atom. The number of carbonyl (C=O) groups is 2. The Morgan fingerprint density at radius 1 is 1.20 bits per heavy atom. The van der Waals surface area contributed by atoms with Crippen molar-refractivity contribution in [3.05, 3.63) is 35.5 Å². The maximum Gasteiger partial charge on any atom is 0.341 e. The van der Waals surface area contributed by atoms with E-state index in [1.165, 1.54) is 6.20 Å². The van der Waals surface area contributed by atoms with Crippen LogP contribution in [0, 0.1) is 0 Å². The van der Waals surface area contributed by atoms with Gasteiger partial charge in [0.15, 0.2) is 0 Å². The standard InChI is InChI=1S/C18H22N2O5/c1-4-24-17(22)12-6-7-15-13(8-12)16(20-9-11(3)21)14(10-19-15)18(23)25-5-2/h6-8,10-11,21H,4-5,9H2,1-3H3,(H,19,20)/t11-/m0/s1. The van der Waals surface area contributed by atoms with Gasteiger partial charge in [-0.25, -0.2) is 9.59 Å². The van der Waals surface area contributed by atoms with Gasteiger partial charge in [-0.15, -0.1) is 0 Å². The molecule has 134 valence electrons. The van der Waals surface area contributed by atoms with Crippen LogP contribution < -0.4 is 5.32 Å². The van der Waals surface area contributed by atoms with Crippen molar-refractivity contribution in [2.75, 3.05) is 25.1 Å². The second kappa shape index (κ2) is 8.43. The molecule has 0 amide bonds. The van der Waals surface area contributed by atoms with Crippen LogP contribution in [0.15, 0.2) is 24.4 Å². The number of nitrogens with one attached hydrogen (secondary N) is 1. The number of anilines is 1. The van der Waals surface area contributed by atoms with E-state index in [0.717, 1.165) is 0 Å². The molecule has 1 atom stereocenters. The molecular weight excluding hydrogens is 324 g/mol. The van der Waals surface area contributed by atoms with Gasteiger partial charge in [0.05, 0.1) is 36.1 Å². The first-order valence-corrected chi connectivity index (χ1v) is 8.16. The fourth-order valence-corrected chi connectivity index (χ4v) is 2.34. The first-order chi connectivity index (χ1) is 12.0. The van der Waals surface area contributed by atoms with E-state index in [0.29, 0.717) is 22.2 Å². The van der Waals surface area contributed by atoms with Gasteiger partial charge >= 0.3 is 11.9 Å². The van der Waals surface area contributed by atoms with Crippen molar-refractivity contribution in [2.45, 2.75) is 26.9 Å². The summed E-state index contributed by atoms with van der Waals surface area (Å²) in [5, 5.41) is 13.2. The molecule has 2 N–H and O–H groups in total. The summed E-state index contributed by atoms with van der Waals surface area (Å²) < 4.78 is 10.1. The number of aliphatic hydroxyl groups excluding tert-OH is 1. The topological polar surface area (TPSA) is 97.8 Å². The maximum absolute atomic E-state index is 12.2. The van der Waals surface area contributed by atoms with E-state index in [2.05, 4.69) is 10.3 Å². The molecule has 2 aromatic rings. The Hall–Kier alpha value is -2.67. The Kier molecular flexibility index (Phi) is 6.30. The lowest BCUT2D eigenvalue weighted by Crippen LogP contribution is -2.18. The van der Waals surface area contributed by atoms with Crippen LogP contribution in [0.1, 0.15) is 41.5 Å². The second-order valence-electron chi connectivity index (χ2n) is 5.45. The highest BCUT2D eigenvalue weighted by atomic mass is 16.5. The summed E-state index contributed by atoms with van der Waals surface area (Å²) in [6.45, 7) is 5.81. The molecule has 1 aromatic heterocycles. The summed E-state index contributed by atoms with van der Waals surface area (Å²) >= 11 is 0. The molecule has 0 saturated heterocycles. The lowest BCUT2D eigenvalue weighted by atomic mass is 10.1. The molecule has 1 heterocycles. The minimum Gasteiger partial charge on any atom is -0.462 e. The zero-order valence-corrected chi connectivity index (χ0v) is 14.5. The van der Waals surface area contributed by atoms with Crippen molar-refractivity contribution < 1.29 is 24.2 Å². The number of fused-ring (bicyclic) bond motifs is 1. The SMILES string of the molecule is CCOC(=O)c1ccc2ncc(C(=O)OCC)c(NC[C@H](C)O)c2c1. The van der Waals surface area contributed by atoms with Crippen LogP contribution in [-0.4, -0.2) is 47.9 Å². The maximum atomic E-state index is 12.2. The molecule has 0 aliphatic heterocycles. The van der Waals surface area contributed by atoms with Gasteiger partial charge < -0.3 is 19.9 Å². The molecule has 2 rings (SSSR count). The molecule has 7 heteroatoms. The number of nitrogens with zero attached hydrogens (tertiary/aromatic N) is 1. The lowest BCUT2D eigenvalue weighted by Gasteiger charge is -2.15. The summed E-state index contributed by atoms with van der Waals surface area (Å²) in [7, 11) is 0. The first kappa shape index (κ1) is 18.7. The predicted octanol–water partition coefficient (Wildman–Crippen LogP) is 2.38. The van der Waals surface area contributed by atoms with Gasteiger partial charge in [-0.1, -0.05) is 0 Å². The highest BCUT2D eigenvalue weighted by Gasteiger charge is 2.18. The molecule has 0 unspecified atom stereocenters. The summed E-state index contributed by atoms with van der Waals surface area (Å²) in [5.41, 5.74) is 1.68. The number of hydrogen-bond acceptors (Lipinski definition) is 7. The number of pyridine rings is 1. The Balaban J connectivity index is 2.57. The van der Waals surface area contributed by atoms with Crippen molar-refractivity contribution in [1.82, 2.24) is 4.98 Å². The van der Waals surface area contributed by atoms with Crippen LogP contribution in [0.2, 0.25) is 0 Å². The highest BCUT2D eigenvalue weighted by Crippen LogP contribution is 2.28. The molecule has 7 nitrogen and oxygen atoms in total. The molecule has 0 saturated carbocycles. The Bertz CT molecular complexity index is 768. The van der Waals surface area contributed by atoms with E-state index in [-0.39, 0.29) is 25.3 Å². The second-order valence-corrected chi connectivity index (χ2v) is 5.45. The van der Waals surface area contributed by atoms with Gasteiger partial charge in [0.1, 0.15) is 5.56 Å². The molecule has 1 aromatic carbocycles. The third-order valence-electron chi connectivity index (χ3n) is 3.45. The molecule has 0 radical (unpaired) electrons. The molecule has 0 fully saturated rings. The van der Waals surface area contributed by atoms with Crippen LogP contribution in [-0.2, 0) is 9.47 Å². The van der Waals surface area contributed by atoms with Crippen LogP contribution >= 0.6 is 0 Å². The quantitative estimate of drug-likeness (QED) is 0.743. The number of ether oxygens (including phenoxy) is 2. The van der Waals surface area contributed by atoms with E-state index in [4.69, 9.17) is 9.47 Å². The lowest BCUT2D eigenvalue weighted by molar-refractivity contribution is 0.0518. The molecule has 0 bridgehead atoms. The summed E-state index contributed by atoms with van der Waals surface area (Å²) in [4.78, 5) is 28.5. The van der Waals surface area contributed by atoms with Crippen molar-refractivity contribution in [2.24, 2.45) is 0 Å². The Morgan fingerprint density at radius 2 is 1.88 bits per heavy atom. The molecule has 0 aliphatic carbocycles. The Labute approximate surface area is 146 Å². The summed E-state index contributed by atoms with van der Waals surface area (Å²) in [6, 6.07) is 4.92. The number of rotatable bonds is 7. The normalized spacial score (nSPS) is 11.8. The molecule has 0 aliphatic rings. The van der Waals surface area contributed by atoms with Crippen molar-refractivity contribution >= 4 is 28.5 Å². The van der Waals surface area contributed by atoms with Crippen LogP contribution in [0.3, 0.4) is 0 Å². The number of benzene rings is 1. The monoisotopic (exact) mass is 346 g/mol. The molecular formula is C18H22N2O5. The van der Waals surface area contributed by atoms with Crippen molar-refractivity contribution in [1.29, 1.82) is 0 Å². The molecule has 0 spiro atoms. The van der Waals surface area contributed by atoms with Crippen LogP contribution in [0.5, 0.6) is 0 Å². The summed E-state index contributed by atoms with van der Waals surface area (Å²) in [6.07, 6.45) is 0.806. The van der Waals surface area contributed by atoms with Crippen molar-refractivity contribution in [3.63, 3.8) is 0 Å². The van der Waals surface area contributed by atoms with Crippen molar-refractivity contribution in [3.8, 4) is 0 Å². The minimum atomic E-state index is -0.619. The van der Waals surface area contributed by atoms with Crippen LogP contribution in [0.4, 0.5) is 5.69 Å². The van der Waals surface area contributed by atoms with E-state index in [1.807, 2.05) is 0 Å². The van der Waals surface area contributed by atoms with E-state index in [1.54, 1.807) is 39.0 Å². The zero-order valence-electron chi connectivity index (χ0n) is 14.5. The average Bonchev–Trinajstić information content (AvgIpc) is 2.59. The van der Waals surface area contributed by atoms with Gasteiger partial charge in [0.25, 0.3) is 0 Å². The first-order valence-electron chi connectivity index (χ1n) is 8.16. The summed E-state index contributed by atoms with van der Waals surface area (Å²) in [5.74, 6) is -0.973. The number of hydrogen-bond donors (Lipinski definition) is 2. The number of aliphatic hydroxyl groups is 1. The largest absolute Gasteiger partial charge is 0.462 e. The van der Waals surface area contributed by atoms with Gasteiger partial charge in [0.2, 0.25) is 0 Å². The fraction of sp³-hybridized carbons (Fsp3) is 0.389. The van der Waals surface area contributed by atoms with Gasteiger partial charge in [-0.2, -0.15) is 0 Å². The van der Waals surface area contributed by atoms with Crippen LogP contribution in [0.25, 0.3) is 10.9 Å². The van der Waals surface area contributed by atoms with Gasteiger partial charge in [-0.05, 0) is 39.0 Å². The van der Waals surface area contributed by atoms with Gasteiger partial charge in [-0.3, -0.25) is 4.98 Å².